The maximum absolute atomic E-state index is 12.1. The van der Waals surface area contributed by atoms with E-state index in [2.05, 4.69) is 47.3 Å². The van der Waals surface area contributed by atoms with Crippen molar-refractivity contribution in [3.05, 3.63) is 64.8 Å². The lowest BCUT2D eigenvalue weighted by Gasteiger charge is -2.03. The molecular weight excluding hydrogens is 318 g/mol. The lowest BCUT2D eigenvalue weighted by Crippen LogP contribution is -2.12. The number of aryl methyl sites for hydroxylation is 3. The molecule has 1 aromatic carbocycles. The molecule has 0 spiro atoms. The van der Waals surface area contributed by atoms with Gasteiger partial charge in [0.05, 0.1) is 5.69 Å². The lowest BCUT2D eigenvalue weighted by molar-refractivity contribution is -0.116. The first-order valence-electron chi connectivity index (χ1n) is 7.84. The highest BCUT2D eigenvalue weighted by molar-refractivity contribution is 7.14. The lowest BCUT2D eigenvalue weighted by atomic mass is 10.1. The molecule has 0 atom stereocenters. The summed E-state index contributed by atoms with van der Waals surface area (Å²) in [7, 11) is 0. The number of aromatic nitrogens is 2. The van der Waals surface area contributed by atoms with E-state index < -0.39 is 0 Å². The van der Waals surface area contributed by atoms with Crippen molar-refractivity contribution in [2.45, 2.75) is 26.7 Å². The van der Waals surface area contributed by atoms with Gasteiger partial charge >= 0.3 is 0 Å². The number of benzene rings is 1. The molecule has 0 saturated heterocycles. The van der Waals surface area contributed by atoms with Gasteiger partial charge in [-0.2, -0.15) is 0 Å². The summed E-state index contributed by atoms with van der Waals surface area (Å²) in [6, 6.07) is 10.1. The Morgan fingerprint density at radius 2 is 2.08 bits per heavy atom. The van der Waals surface area contributed by atoms with Crippen LogP contribution in [0.1, 0.15) is 23.1 Å². The van der Waals surface area contributed by atoms with Gasteiger partial charge in [-0.25, -0.2) is 4.98 Å². The molecule has 0 bridgehead atoms. The van der Waals surface area contributed by atoms with Crippen LogP contribution < -0.4 is 5.32 Å². The zero-order valence-corrected chi connectivity index (χ0v) is 14.6. The van der Waals surface area contributed by atoms with Crippen LogP contribution in [-0.4, -0.2) is 15.9 Å². The Labute approximate surface area is 145 Å². The quantitative estimate of drug-likeness (QED) is 0.751. The number of pyridine rings is 1. The van der Waals surface area contributed by atoms with Crippen molar-refractivity contribution in [1.82, 2.24) is 9.97 Å². The smallest absolute Gasteiger partial charge is 0.226 e. The second kappa shape index (κ2) is 7.36. The number of nitrogens with one attached hydrogen (secondary N) is 1. The molecule has 0 aliphatic carbocycles. The Morgan fingerprint density at radius 1 is 1.21 bits per heavy atom. The summed E-state index contributed by atoms with van der Waals surface area (Å²) >= 11 is 1.45. The maximum Gasteiger partial charge on any atom is 0.226 e. The van der Waals surface area contributed by atoms with Crippen molar-refractivity contribution in [3.63, 3.8) is 0 Å². The van der Waals surface area contributed by atoms with E-state index in [0.717, 1.165) is 16.8 Å². The number of rotatable bonds is 5. The van der Waals surface area contributed by atoms with E-state index >= 15 is 0 Å². The van der Waals surface area contributed by atoms with Crippen molar-refractivity contribution in [3.8, 4) is 11.3 Å². The molecule has 0 radical (unpaired) electrons. The van der Waals surface area contributed by atoms with E-state index in [1.54, 1.807) is 12.4 Å². The van der Waals surface area contributed by atoms with Crippen LogP contribution >= 0.6 is 11.3 Å². The first-order chi connectivity index (χ1) is 11.6. The zero-order chi connectivity index (χ0) is 16.9. The average Bonchev–Trinajstić information content (AvgIpc) is 3.05. The number of amides is 1. The van der Waals surface area contributed by atoms with Crippen molar-refractivity contribution < 1.29 is 4.79 Å². The standard InChI is InChI=1S/C19H19N3OS/c1-13-5-7-16(10-14(13)2)17-12-24-19(21-17)22-18(23)8-6-15-4-3-9-20-11-15/h3-5,7,9-12H,6,8H2,1-2H3,(H,21,22,23). The SMILES string of the molecule is Cc1ccc(-c2csc(NC(=O)CCc3cccnc3)n2)cc1C. The molecule has 1 amide bonds. The fourth-order valence-corrected chi connectivity index (χ4v) is 3.09. The molecule has 5 heteroatoms. The van der Waals surface area contributed by atoms with E-state index in [9.17, 15) is 4.79 Å². The molecule has 3 aromatic rings. The third-order valence-corrected chi connectivity index (χ3v) is 4.67. The van der Waals surface area contributed by atoms with E-state index in [-0.39, 0.29) is 5.91 Å². The summed E-state index contributed by atoms with van der Waals surface area (Å²) in [4.78, 5) is 20.6. The molecule has 24 heavy (non-hydrogen) atoms. The summed E-state index contributed by atoms with van der Waals surface area (Å²) in [5.41, 5.74) is 5.53. The molecule has 1 N–H and O–H groups in total. The molecule has 0 fully saturated rings. The second-order valence-corrected chi connectivity index (χ2v) is 6.60. The first kappa shape index (κ1) is 16.3. The fraction of sp³-hybridized carbons (Fsp3) is 0.211. The van der Waals surface area contributed by atoms with E-state index in [1.807, 2.05) is 17.5 Å². The van der Waals surface area contributed by atoms with Gasteiger partial charge in [0.25, 0.3) is 0 Å². The van der Waals surface area contributed by atoms with Gasteiger partial charge in [-0.15, -0.1) is 11.3 Å². The van der Waals surface area contributed by atoms with Gasteiger partial charge in [0.1, 0.15) is 0 Å². The van der Waals surface area contributed by atoms with Gasteiger partial charge in [-0.05, 0) is 49.1 Å². The number of anilines is 1. The van der Waals surface area contributed by atoms with Gasteiger partial charge < -0.3 is 5.32 Å². The van der Waals surface area contributed by atoms with Crippen LogP contribution in [-0.2, 0) is 11.2 Å². The predicted octanol–water partition coefficient (Wildman–Crippen LogP) is 4.39. The maximum atomic E-state index is 12.1. The van der Waals surface area contributed by atoms with Gasteiger partial charge in [-0.3, -0.25) is 9.78 Å². The van der Waals surface area contributed by atoms with E-state index in [4.69, 9.17) is 0 Å². The summed E-state index contributed by atoms with van der Waals surface area (Å²) in [5.74, 6) is -0.0279. The first-order valence-corrected chi connectivity index (χ1v) is 8.72. The minimum Gasteiger partial charge on any atom is -0.302 e. The highest BCUT2D eigenvalue weighted by Crippen LogP contribution is 2.26. The molecular formula is C19H19N3OS. The van der Waals surface area contributed by atoms with Crippen molar-refractivity contribution in [2.75, 3.05) is 5.32 Å². The molecule has 2 heterocycles. The van der Waals surface area contributed by atoms with Crippen LogP contribution in [0.15, 0.2) is 48.1 Å². The Bertz CT molecular complexity index is 843. The summed E-state index contributed by atoms with van der Waals surface area (Å²) in [5, 5.41) is 5.49. The molecule has 0 unspecified atom stereocenters. The average molecular weight is 337 g/mol. The number of nitrogens with zero attached hydrogens (tertiary/aromatic N) is 2. The van der Waals surface area contributed by atoms with Crippen LogP contribution in [0, 0.1) is 13.8 Å². The fourth-order valence-electron chi connectivity index (χ4n) is 2.35. The largest absolute Gasteiger partial charge is 0.302 e. The molecule has 0 aliphatic heterocycles. The number of thiazole rings is 1. The molecule has 0 aliphatic rings. The Hall–Kier alpha value is -2.53. The topological polar surface area (TPSA) is 54.9 Å². The molecule has 0 saturated carbocycles. The summed E-state index contributed by atoms with van der Waals surface area (Å²) in [6.45, 7) is 4.18. The summed E-state index contributed by atoms with van der Waals surface area (Å²) < 4.78 is 0. The number of hydrogen-bond acceptors (Lipinski definition) is 4. The molecule has 122 valence electrons. The predicted molar refractivity (Wildman–Crippen MR) is 98.2 cm³/mol. The van der Waals surface area contributed by atoms with Gasteiger partial charge in [0.2, 0.25) is 5.91 Å². The number of carbonyl (C=O) groups excluding carboxylic acids is 1. The van der Waals surface area contributed by atoms with Crippen LogP contribution in [0.25, 0.3) is 11.3 Å². The van der Waals surface area contributed by atoms with E-state index in [0.29, 0.717) is 18.0 Å². The van der Waals surface area contributed by atoms with Crippen molar-refractivity contribution in [1.29, 1.82) is 0 Å². The Kier molecular flexibility index (Phi) is 5.01. The van der Waals surface area contributed by atoms with Crippen molar-refractivity contribution in [2.24, 2.45) is 0 Å². The van der Waals surface area contributed by atoms with Crippen LogP contribution in [0.5, 0.6) is 0 Å². The highest BCUT2D eigenvalue weighted by Gasteiger charge is 2.09. The minimum atomic E-state index is -0.0279. The summed E-state index contributed by atoms with van der Waals surface area (Å²) in [6.07, 6.45) is 4.61. The molecule has 4 nitrogen and oxygen atoms in total. The van der Waals surface area contributed by atoms with Gasteiger partial charge in [-0.1, -0.05) is 18.2 Å². The normalized spacial score (nSPS) is 10.6. The molecule has 3 rings (SSSR count). The zero-order valence-electron chi connectivity index (χ0n) is 13.7. The van der Waals surface area contributed by atoms with Crippen molar-refractivity contribution >= 4 is 22.4 Å². The van der Waals surface area contributed by atoms with Crippen LogP contribution in [0.3, 0.4) is 0 Å². The highest BCUT2D eigenvalue weighted by atomic mass is 32.1. The number of carbonyl (C=O) groups is 1. The number of hydrogen-bond donors (Lipinski definition) is 1. The third-order valence-electron chi connectivity index (χ3n) is 3.92. The Balaban J connectivity index is 1.61. The van der Waals surface area contributed by atoms with Crippen LogP contribution in [0.4, 0.5) is 5.13 Å². The Morgan fingerprint density at radius 3 is 2.83 bits per heavy atom. The van der Waals surface area contributed by atoms with Gasteiger partial charge in [0.15, 0.2) is 5.13 Å². The van der Waals surface area contributed by atoms with Crippen LogP contribution in [0.2, 0.25) is 0 Å². The minimum absolute atomic E-state index is 0.0279. The third kappa shape index (κ3) is 4.06. The second-order valence-electron chi connectivity index (χ2n) is 5.75. The van der Waals surface area contributed by atoms with E-state index in [1.165, 1.54) is 22.5 Å². The molecule has 2 aromatic heterocycles. The van der Waals surface area contributed by atoms with Gasteiger partial charge in [0, 0.05) is 29.8 Å². The monoisotopic (exact) mass is 337 g/mol.